The predicted molar refractivity (Wildman–Crippen MR) is 119 cm³/mol. The van der Waals surface area contributed by atoms with Crippen molar-refractivity contribution in [3.8, 4) is 0 Å². The van der Waals surface area contributed by atoms with Crippen LogP contribution >= 0.6 is 0 Å². The van der Waals surface area contributed by atoms with Gasteiger partial charge >= 0.3 is 12.1 Å². The van der Waals surface area contributed by atoms with Crippen LogP contribution in [0, 0.1) is 0 Å². The molecule has 1 fully saturated rings. The number of methoxy groups -OCH3 is 1. The molecule has 2 heterocycles. The number of aromatic nitrogens is 2. The molecule has 1 aliphatic rings. The molecule has 34 heavy (non-hydrogen) atoms. The van der Waals surface area contributed by atoms with Crippen LogP contribution in [0.4, 0.5) is 18.9 Å². The number of hydrogen-bond acceptors (Lipinski definition) is 8. The van der Waals surface area contributed by atoms with Crippen LogP contribution in [0.2, 0.25) is 0 Å². The van der Waals surface area contributed by atoms with E-state index in [9.17, 15) is 18.3 Å². The number of anilines is 1. The molecular weight excluding hydrogens is 453 g/mol. The molecular formula is C23H27F3N4O4. The van der Waals surface area contributed by atoms with Crippen LogP contribution in [0.25, 0.3) is 5.57 Å². The fourth-order valence-corrected chi connectivity index (χ4v) is 3.27. The maximum absolute atomic E-state index is 12.8. The molecule has 1 aromatic heterocycles. The van der Waals surface area contributed by atoms with E-state index in [2.05, 4.69) is 16.8 Å². The van der Waals surface area contributed by atoms with E-state index in [1.807, 2.05) is 35.2 Å². The highest BCUT2D eigenvalue weighted by Gasteiger charge is 2.38. The molecule has 1 N–H and O–H groups in total. The van der Waals surface area contributed by atoms with Gasteiger partial charge in [0.1, 0.15) is 5.76 Å². The molecule has 0 spiro atoms. The molecule has 1 atom stereocenters. The van der Waals surface area contributed by atoms with Crippen molar-refractivity contribution in [2.75, 3.05) is 44.9 Å². The summed E-state index contributed by atoms with van der Waals surface area (Å²) < 4.78 is 53.7. The van der Waals surface area contributed by atoms with Gasteiger partial charge in [0.2, 0.25) is 5.89 Å². The number of nitrogens with zero attached hydrogens (tertiary/aromatic N) is 4. The summed E-state index contributed by atoms with van der Waals surface area (Å²) in [5.41, 5.74) is 1.68. The molecule has 0 radical (unpaired) electrons. The Bertz CT molecular complexity index is 1010. The number of aliphatic hydroxyl groups excluding tert-OH is 1. The van der Waals surface area contributed by atoms with Gasteiger partial charge in [-0.05, 0) is 19.1 Å². The number of alkyl halides is 3. The number of aliphatic hydroxyl groups is 1. The van der Waals surface area contributed by atoms with E-state index in [0.717, 1.165) is 5.69 Å². The van der Waals surface area contributed by atoms with Crippen LogP contribution in [-0.4, -0.2) is 66.5 Å². The lowest BCUT2D eigenvalue weighted by molar-refractivity contribution is -0.157. The van der Waals surface area contributed by atoms with E-state index >= 15 is 0 Å². The second kappa shape index (κ2) is 11.3. The summed E-state index contributed by atoms with van der Waals surface area (Å²) in [6.07, 6.45) is -2.49. The average molecular weight is 480 g/mol. The molecule has 8 nitrogen and oxygen atoms in total. The van der Waals surface area contributed by atoms with E-state index in [1.54, 1.807) is 17.9 Å². The molecule has 1 saturated heterocycles. The minimum atomic E-state index is -4.72. The summed E-state index contributed by atoms with van der Waals surface area (Å²) in [5.74, 6) is -1.33. The second-order valence-electron chi connectivity index (χ2n) is 7.54. The third-order valence-corrected chi connectivity index (χ3v) is 5.22. The Morgan fingerprint density at radius 1 is 1.24 bits per heavy atom. The molecule has 1 aromatic carbocycles. The average Bonchev–Trinajstić information content (AvgIpc) is 3.35. The van der Waals surface area contributed by atoms with Crippen LogP contribution in [0.5, 0.6) is 0 Å². The van der Waals surface area contributed by atoms with Crippen molar-refractivity contribution in [2.45, 2.75) is 19.5 Å². The molecule has 3 rings (SSSR count). The molecule has 2 aromatic rings. The third kappa shape index (κ3) is 6.46. The maximum Gasteiger partial charge on any atom is 0.470 e. The van der Waals surface area contributed by atoms with E-state index in [4.69, 9.17) is 13.9 Å². The summed E-state index contributed by atoms with van der Waals surface area (Å²) in [5, 5.41) is 17.7. The number of allylic oxidation sites excluding steroid dienone is 3. The summed E-state index contributed by atoms with van der Waals surface area (Å²) >= 11 is 0. The Balaban J connectivity index is 1.89. The van der Waals surface area contributed by atoms with Gasteiger partial charge in [-0.3, -0.25) is 4.90 Å². The zero-order chi connectivity index (χ0) is 24.7. The van der Waals surface area contributed by atoms with Crippen LogP contribution in [-0.2, 0) is 15.7 Å². The highest BCUT2D eigenvalue weighted by Crippen LogP contribution is 2.29. The molecule has 184 valence electrons. The highest BCUT2D eigenvalue weighted by molar-refractivity contribution is 5.59. The largest absolute Gasteiger partial charge is 0.497 e. The zero-order valence-electron chi connectivity index (χ0n) is 19.0. The van der Waals surface area contributed by atoms with E-state index in [-0.39, 0.29) is 12.4 Å². The highest BCUT2D eigenvalue weighted by atomic mass is 19.4. The van der Waals surface area contributed by atoms with Gasteiger partial charge in [-0.25, -0.2) is 0 Å². The lowest BCUT2D eigenvalue weighted by Crippen LogP contribution is -2.53. The maximum atomic E-state index is 12.8. The zero-order valence-corrected chi connectivity index (χ0v) is 19.0. The smallest absolute Gasteiger partial charge is 0.470 e. The van der Waals surface area contributed by atoms with E-state index < -0.39 is 18.4 Å². The first-order chi connectivity index (χ1) is 16.2. The van der Waals surface area contributed by atoms with Crippen LogP contribution in [0.3, 0.4) is 0 Å². The van der Waals surface area contributed by atoms with Gasteiger partial charge in [-0.15, -0.1) is 10.2 Å². The first kappa shape index (κ1) is 25.5. The quantitative estimate of drug-likeness (QED) is 0.331. The first-order valence-corrected chi connectivity index (χ1v) is 10.5. The van der Waals surface area contributed by atoms with Crippen LogP contribution < -0.4 is 4.90 Å². The topological polar surface area (TPSA) is 84.1 Å². The summed E-state index contributed by atoms with van der Waals surface area (Å²) in [7, 11) is 1.46. The Morgan fingerprint density at radius 3 is 2.50 bits per heavy atom. The predicted octanol–water partition coefficient (Wildman–Crippen LogP) is 3.69. The molecule has 0 saturated carbocycles. The van der Waals surface area contributed by atoms with Gasteiger partial charge in [0.05, 0.1) is 26.9 Å². The monoisotopic (exact) mass is 480 g/mol. The normalized spacial score (nSPS) is 16.9. The minimum Gasteiger partial charge on any atom is -0.497 e. The van der Waals surface area contributed by atoms with Crippen molar-refractivity contribution in [3.63, 3.8) is 0 Å². The minimum absolute atomic E-state index is 0.205. The number of halogens is 3. The van der Waals surface area contributed by atoms with Crippen molar-refractivity contribution in [1.82, 2.24) is 15.1 Å². The Kier molecular flexibility index (Phi) is 8.48. The Morgan fingerprint density at radius 2 is 1.91 bits per heavy atom. The first-order valence-electron chi connectivity index (χ1n) is 10.5. The standard InChI is InChI=1S/C23H27F3N4O4/c1-16(20-27-28-21(34-20)23(24,25)26)9-10-18(17(2)32-3)15-30(19-7-5-4-6-8-19)22(31)29-11-13-33-14-12-29/h4-10,22,31H,2,11-15H2,1,3H3/b16-9+,18-10-. The number of rotatable bonds is 9. The van der Waals surface area contributed by atoms with Crippen molar-refractivity contribution < 1.29 is 32.2 Å². The van der Waals surface area contributed by atoms with Gasteiger partial charge in [-0.1, -0.05) is 36.9 Å². The molecule has 0 aliphatic carbocycles. The van der Waals surface area contributed by atoms with Crippen molar-refractivity contribution >= 4 is 11.3 Å². The number of hydrogen-bond donors (Lipinski definition) is 1. The van der Waals surface area contributed by atoms with Gasteiger partial charge in [0, 0.05) is 29.9 Å². The number of benzene rings is 1. The molecule has 0 bridgehead atoms. The summed E-state index contributed by atoms with van der Waals surface area (Å²) in [6, 6.07) is 9.34. The summed E-state index contributed by atoms with van der Waals surface area (Å²) in [4.78, 5) is 3.67. The van der Waals surface area contributed by atoms with Crippen LogP contribution in [0.15, 0.2) is 64.8 Å². The van der Waals surface area contributed by atoms with Gasteiger partial charge in [-0.2, -0.15) is 13.2 Å². The fraction of sp³-hybridized carbons (Fsp3) is 0.391. The van der Waals surface area contributed by atoms with E-state index in [1.165, 1.54) is 13.2 Å². The second-order valence-corrected chi connectivity index (χ2v) is 7.54. The fourth-order valence-electron chi connectivity index (χ4n) is 3.27. The lowest BCUT2D eigenvalue weighted by Gasteiger charge is -2.39. The van der Waals surface area contributed by atoms with E-state index in [0.29, 0.717) is 43.2 Å². The number of morpholine rings is 1. The van der Waals surface area contributed by atoms with Crippen LogP contribution in [0.1, 0.15) is 18.7 Å². The Hall–Kier alpha value is -3.15. The lowest BCUT2D eigenvalue weighted by atomic mass is 10.1. The van der Waals surface area contributed by atoms with Gasteiger partial charge in [0.15, 0.2) is 6.35 Å². The molecule has 1 aliphatic heterocycles. The number of ether oxygens (including phenoxy) is 2. The van der Waals surface area contributed by atoms with Gasteiger partial charge < -0.3 is 23.9 Å². The molecule has 1 unspecified atom stereocenters. The van der Waals surface area contributed by atoms with Gasteiger partial charge in [0.25, 0.3) is 0 Å². The van der Waals surface area contributed by atoms with Crippen molar-refractivity contribution in [1.29, 1.82) is 0 Å². The summed E-state index contributed by atoms with van der Waals surface area (Å²) in [6.45, 7) is 7.82. The Labute approximate surface area is 195 Å². The van der Waals surface area contributed by atoms with Crippen molar-refractivity contribution in [3.05, 3.63) is 72.2 Å². The SMILES string of the molecule is C=C(OC)/C(=C\C=C(/C)c1nnc(C(F)(F)F)o1)CN(c1ccccc1)C(O)N1CCOCC1. The number of para-hydroxylation sites is 1. The van der Waals surface area contributed by atoms with Crippen molar-refractivity contribution in [2.24, 2.45) is 0 Å². The third-order valence-electron chi connectivity index (χ3n) is 5.22. The molecule has 11 heteroatoms. The molecule has 0 amide bonds.